The monoisotopic (exact) mass is 542 g/mol. The Morgan fingerprint density at radius 1 is 0.541 bits per heavy atom. The zero-order chi connectivity index (χ0) is 27.8. The molecule has 4 nitrogen and oxygen atoms in total. The maximum absolute atomic E-state index is 12.3. The zero-order valence-corrected chi connectivity index (χ0v) is 25.9. The van der Waals surface area contributed by atoms with Gasteiger partial charge in [-0.1, -0.05) is 156 Å². The topological polar surface area (TPSA) is 74.6 Å². The van der Waals surface area contributed by atoms with Crippen LogP contribution in [0.2, 0.25) is 0 Å². The molecule has 0 aliphatic carbocycles. The molecule has 0 aromatic rings. The Morgan fingerprint density at radius 3 is 1.11 bits per heavy atom. The lowest BCUT2D eigenvalue weighted by Gasteiger charge is -2.28. The summed E-state index contributed by atoms with van der Waals surface area (Å²) in [5.41, 5.74) is 0. The minimum Gasteiger partial charge on any atom is -0.481 e. The Morgan fingerprint density at radius 2 is 0.838 bits per heavy atom. The SMILES string of the molecule is CC(C)CCCCCCCCCCCC(CCCCCCCCCCCC(C)C)(SCC(=O)O)C(=O)O. The van der Waals surface area contributed by atoms with E-state index < -0.39 is 16.7 Å². The average molecular weight is 543 g/mol. The van der Waals surface area contributed by atoms with Crippen molar-refractivity contribution in [1.29, 1.82) is 0 Å². The summed E-state index contributed by atoms with van der Waals surface area (Å²) in [4.78, 5) is 23.5. The lowest BCUT2D eigenvalue weighted by atomic mass is 9.93. The molecule has 0 aliphatic rings. The first-order valence-electron chi connectivity index (χ1n) is 15.8. The molecule has 220 valence electrons. The fourth-order valence-electron chi connectivity index (χ4n) is 5.15. The first-order valence-corrected chi connectivity index (χ1v) is 16.8. The highest BCUT2D eigenvalue weighted by Gasteiger charge is 2.38. The van der Waals surface area contributed by atoms with Crippen molar-refractivity contribution < 1.29 is 19.8 Å². The molecule has 0 atom stereocenters. The summed E-state index contributed by atoms with van der Waals surface area (Å²) in [7, 11) is 0. The minimum atomic E-state index is -0.939. The van der Waals surface area contributed by atoms with Crippen molar-refractivity contribution in [3.63, 3.8) is 0 Å². The van der Waals surface area contributed by atoms with Gasteiger partial charge in [-0.15, -0.1) is 11.8 Å². The largest absolute Gasteiger partial charge is 0.481 e. The van der Waals surface area contributed by atoms with Gasteiger partial charge in [-0.25, -0.2) is 0 Å². The van der Waals surface area contributed by atoms with E-state index in [9.17, 15) is 19.8 Å². The summed E-state index contributed by atoms with van der Waals surface area (Å²) >= 11 is 1.15. The summed E-state index contributed by atoms with van der Waals surface area (Å²) in [5, 5.41) is 19.3. The van der Waals surface area contributed by atoms with Crippen LogP contribution in [0.3, 0.4) is 0 Å². The molecule has 0 saturated carbocycles. The van der Waals surface area contributed by atoms with Gasteiger partial charge in [0.05, 0.1) is 5.75 Å². The third-order valence-corrected chi connectivity index (χ3v) is 9.11. The van der Waals surface area contributed by atoms with Crippen LogP contribution in [0.1, 0.15) is 169 Å². The third kappa shape index (κ3) is 22.9. The molecule has 0 unspecified atom stereocenters. The summed E-state index contributed by atoms with van der Waals surface area (Å²) in [5.74, 6) is -0.240. The highest BCUT2D eigenvalue weighted by molar-refractivity contribution is 8.02. The quantitative estimate of drug-likeness (QED) is 0.0962. The Labute approximate surface area is 234 Å². The fourth-order valence-corrected chi connectivity index (χ4v) is 6.25. The average Bonchev–Trinajstić information content (AvgIpc) is 2.83. The number of hydrogen-bond donors (Lipinski definition) is 2. The molecule has 2 N–H and O–H groups in total. The molecule has 37 heavy (non-hydrogen) atoms. The van der Waals surface area contributed by atoms with Crippen LogP contribution < -0.4 is 0 Å². The van der Waals surface area contributed by atoms with Gasteiger partial charge in [0.25, 0.3) is 0 Å². The van der Waals surface area contributed by atoms with E-state index in [0.29, 0.717) is 12.8 Å². The second kappa shape index (κ2) is 24.3. The Kier molecular flexibility index (Phi) is 23.9. The standard InChI is InChI=1S/C32H62O4S/c1-28(2)23-19-15-11-7-5-9-13-17-21-25-32(31(35)36,37-27-30(33)34)26-22-18-14-10-6-8-12-16-20-24-29(3)4/h28-29H,5-27H2,1-4H3,(H,33,34)(H,35,36). The van der Waals surface area contributed by atoms with E-state index in [2.05, 4.69) is 27.7 Å². The lowest BCUT2D eigenvalue weighted by Crippen LogP contribution is -2.36. The van der Waals surface area contributed by atoms with E-state index in [1.807, 2.05) is 0 Å². The molecule has 5 heteroatoms. The van der Waals surface area contributed by atoms with E-state index >= 15 is 0 Å². The first kappa shape index (κ1) is 36.3. The van der Waals surface area contributed by atoms with Crippen LogP contribution in [-0.4, -0.2) is 32.7 Å². The van der Waals surface area contributed by atoms with Gasteiger partial charge in [0.2, 0.25) is 0 Å². The van der Waals surface area contributed by atoms with E-state index in [1.54, 1.807) is 0 Å². The summed E-state index contributed by atoms with van der Waals surface area (Å²) in [6.45, 7) is 9.16. The van der Waals surface area contributed by atoms with Crippen LogP contribution in [0.4, 0.5) is 0 Å². The number of unbranched alkanes of at least 4 members (excludes halogenated alkanes) is 16. The van der Waals surface area contributed by atoms with Gasteiger partial charge in [0.1, 0.15) is 4.75 Å². The Balaban J connectivity index is 4.15. The Hall–Kier alpha value is -0.710. The highest BCUT2D eigenvalue weighted by Crippen LogP contribution is 2.37. The molecule has 0 spiro atoms. The van der Waals surface area contributed by atoms with Gasteiger partial charge in [0.15, 0.2) is 0 Å². The van der Waals surface area contributed by atoms with E-state index in [1.165, 1.54) is 89.9 Å². The number of thioether (sulfide) groups is 1. The number of rotatable bonds is 28. The van der Waals surface area contributed by atoms with E-state index in [-0.39, 0.29) is 5.75 Å². The zero-order valence-electron chi connectivity index (χ0n) is 25.0. The maximum atomic E-state index is 12.3. The van der Waals surface area contributed by atoms with Crippen molar-refractivity contribution in [3.8, 4) is 0 Å². The van der Waals surface area contributed by atoms with E-state index in [4.69, 9.17) is 0 Å². The number of aliphatic carboxylic acids is 2. The van der Waals surface area contributed by atoms with Crippen molar-refractivity contribution in [2.75, 3.05) is 5.75 Å². The number of carbonyl (C=O) groups is 2. The number of carboxylic acid groups (broad SMARTS) is 2. The van der Waals surface area contributed by atoms with Crippen molar-refractivity contribution in [3.05, 3.63) is 0 Å². The number of carboxylic acids is 2. The Bertz CT molecular complexity index is 517. The predicted molar refractivity (Wildman–Crippen MR) is 162 cm³/mol. The second-order valence-electron chi connectivity index (χ2n) is 12.2. The van der Waals surface area contributed by atoms with Crippen LogP contribution >= 0.6 is 11.8 Å². The molecule has 0 aromatic carbocycles. The first-order chi connectivity index (χ1) is 17.7. The van der Waals surface area contributed by atoms with Crippen LogP contribution in [0, 0.1) is 11.8 Å². The predicted octanol–water partition coefficient (Wildman–Crippen LogP) is 10.5. The molecule has 0 bridgehead atoms. The molecule has 0 aliphatic heterocycles. The molecule has 0 heterocycles. The van der Waals surface area contributed by atoms with Crippen molar-refractivity contribution in [2.24, 2.45) is 11.8 Å². The van der Waals surface area contributed by atoms with Crippen LogP contribution in [0.25, 0.3) is 0 Å². The fraction of sp³-hybridized carbons (Fsp3) is 0.938. The maximum Gasteiger partial charge on any atom is 0.319 e. The smallest absolute Gasteiger partial charge is 0.319 e. The highest BCUT2D eigenvalue weighted by atomic mass is 32.2. The van der Waals surface area contributed by atoms with Gasteiger partial charge in [-0.05, 0) is 24.7 Å². The van der Waals surface area contributed by atoms with Gasteiger partial charge >= 0.3 is 11.9 Å². The van der Waals surface area contributed by atoms with Crippen LogP contribution in [-0.2, 0) is 9.59 Å². The summed E-state index contributed by atoms with van der Waals surface area (Å²) in [6.07, 6.45) is 25.7. The third-order valence-electron chi connectivity index (χ3n) is 7.59. The number of hydrogen-bond acceptors (Lipinski definition) is 3. The van der Waals surface area contributed by atoms with Crippen LogP contribution in [0.5, 0.6) is 0 Å². The van der Waals surface area contributed by atoms with Gasteiger partial charge in [0, 0.05) is 0 Å². The summed E-state index contributed by atoms with van der Waals surface area (Å²) in [6, 6.07) is 0. The molecule has 0 saturated heterocycles. The molecule has 0 radical (unpaired) electrons. The molecular weight excluding hydrogens is 480 g/mol. The van der Waals surface area contributed by atoms with Crippen LogP contribution in [0.15, 0.2) is 0 Å². The van der Waals surface area contributed by atoms with Crippen molar-refractivity contribution in [1.82, 2.24) is 0 Å². The van der Waals surface area contributed by atoms with Gasteiger partial charge in [-0.2, -0.15) is 0 Å². The normalized spacial score (nSPS) is 12.1. The lowest BCUT2D eigenvalue weighted by molar-refractivity contribution is -0.140. The molecular formula is C32H62O4S. The molecule has 0 amide bonds. The molecule has 0 fully saturated rings. The van der Waals surface area contributed by atoms with Gasteiger partial charge in [-0.3, -0.25) is 9.59 Å². The van der Waals surface area contributed by atoms with Crippen molar-refractivity contribution >= 4 is 23.7 Å². The molecule has 0 aromatic heterocycles. The van der Waals surface area contributed by atoms with Crippen molar-refractivity contribution in [2.45, 2.75) is 174 Å². The second-order valence-corrected chi connectivity index (χ2v) is 13.6. The summed E-state index contributed by atoms with van der Waals surface area (Å²) < 4.78 is -0.939. The van der Waals surface area contributed by atoms with E-state index in [0.717, 1.165) is 62.1 Å². The molecule has 0 rings (SSSR count). The minimum absolute atomic E-state index is 0.125. The van der Waals surface area contributed by atoms with Gasteiger partial charge < -0.3 is 10.2 Å².